The van der Waals surface area contributed by atoms with Crippen LogP contribution in [0.25, 0.3) is 0 Å². The minimum absolute atomic E-state index is 0. The van der Waals surface area contributed by atoms with Crippen molar-refractivity contribution in [2.45, 2.75) is 52.4 Å². The Hall–Kier alpha value is -0.136. The summed E-state index contributed by atoms with van der Waals surface area (Å²) in [6.07, 6.45) is 0. The number of halogens is 2. The van der Waals surface area contributed by atoms with Crippen molar-refractivity contribution in [3.63, 3.8) is 0 Å². The molecule has 0 bridgehead atoms. The Balaban J connectivity index is -0.000000270. The van der Waals surface area contributed by atoms with Crippen LogP contribution >= 0.6 is 0 Å². The average molecular weight is 364 g/mol. The predicted octanol–water partition coefficient (Wildman–Crippen LogP) is -0.588. The second kappa shape index (κ2) is 10.6. The first-order chi connectivity index (χ1) is 8.21. The third-order valence-electron chi connectivity index (χ3n) is 3.06. The van der Waals surface area contributed by atoms with Gasteiger partial charge in [-0.25, -0.2) is 24.3 Å². The molecular weight excluding hydrogens is 338 g/mol. The zero-order chi connectivity index (χ0) is 13.8. The Bertz CT molecular complexity index is 384. The van der Waals surface area contributed by atoms with Crippen LogP contribution in [0, 0.1) is 0 Å². The Morgan fingerprint density at radius 1 is 0.524 bits per heavy atom. The van der Waals surface area contributed by atoms with E-state index in [1.165, 1.54) is 11.1 Å². The molecule has 0 nitrogen and oxygen atoms in total. The number of rotatable bonds is 0. The molecule has 2 rings (SSSR count). The molecule has 0 fully saturated rings. The van der Waals surface area contributed by atoms with E-state index in [1.807, 2.05) is 0 Å². The molecule has 0 aliphatic carbocycles. The normalized spacial score (nSPS) is 10.2. The molecule has 0 atom stereocenters. The average Bonchev–Trinajstić information content (AvgIpc) is 2.91. The van der Waals surface area contributed by atoms with Crippen LogP contribution in [-0.2, 0) is 29.4 Å². The maximum atomic E-state index is 2.22. The van der Waals surface area contributed by atoms with E-state index in [0.29, 0.717) is 10.8 Å². The number of hydrogen-bond donors (Lipinski definition) is 0. The van der Waals surface area contributed by atoms with Crippen molar-refractivity contribution >= 4 is 0 Å². The zero-order valence-electron chi connectivity index (χ0n) is 13.8. The van der Waals surface area contributed by atoms with Crippen molar-refractivity contribution < 1.29 is 43.4 Å². The summed E-state index contributed by atoms with van der Waals surface area (Å²) in [5.41, 5.74) is 3.48. The Labute approximate surface area is 155 Å². The molecule has 3 heteroatoms. The van der Waals surface area contributed by atoms with Crippen LogP contribution in [0.4, 0.5) is 0 Å². The summed E-state index contributed by atoms with van der Waals surface area (Å²) in [5.74, 6) is 0. The Morgan fingerprint density at radius 3 is 0.810 bits per heavy atom. The van der Waals surface area contributed by atoms with Crippen molar-refractivity contribution in [3.05, 3.63) is 59.7 Å². The van der Waals surface area contributed by atoms with Gasteiger partial charge in [-0.15, -0.1) is 0 Å². The molecule has 21 heavy (non-hydrogen) atoms. The molecule has 1 radical (unpaired) electrons. The van der Waals surface area contributed by atoms with E-state index in [4.69, 9.17) is 0 Å². The van der Waals surface area contributed by atoms with E-state index < -0.39 is 0 Å². The van der Waals surface area contributed by atoms with Gasteiger partial charge in [-0.3, -0.25) is 0 Å². The number of hydrogen-bond acceptors (Lipinski definition) is 0. The van der Waals surface area contributed by atoms with Crippen molar-refractivity contribution in [3.8, 4) is 0 Å². The SMILES string of the molecule is CC(C)(C)[c-]1cccc1.CC(C)(C)[c-]1cccc1.[Cl-].[Cl-].[V+4]. The molecule has 0 aliphatic rings. The standard InChI is InChI=1S/2C9H13.2ClH.V/c2*1-9(2,3)8-6-4-5-7-8;;;/h2*4-7H,1-3H3;2*1H;/q2*-1;;;+4/p-2. The fraction of sp³-hybridized carbons (Fsp3) is 0.444. The molecule has 0 amide bonds. The van der Waals surface area contributed by atoms with E-state index in [9.17, 15) is 0 Å². The van der Waals surface area contributed by atoms with Gasteiger partial charge in [-0.1, -0.05) is 52.4 Å². The summed E-state index contributed by atoms with van der Waals surface area (Å²) in [6.45, 7) is 13.3. The third kappa shape index (κ3) is 9.48. The minimum atomic E-state index is 0. The second-order valence-corrected chi connectivity index (χ2v) is 6.85. The molecule has 2 aromatic carbocycles. The van der Waals surface area contributed by atoms with Crippen LogP contribution < -0.4 is 24.8 Å². The summed E-state index contributed by atoms with van der Waals surface area (Å²) < 4.78 is 0. The fourth-order valence-electron chi connectivity index (χ4n) is 1.75. The van der Waals surface area contributed by atoms with Crippen molar-refractivity contribution in [2.24, 2.45) is 0 Å². The molecule has 0 aromatic heterocycles. The van der Waals surface area contributed by atoms with Gasteiger partial charge in [0.05, 0.1) is 0 Å². The molecule has 0 heterocycles. The topological polar surface area (TPSA) is 0 Å². The molecule has 0 saturated carbocycles. The van der Waals surface area contributed by atoms with E-state index in [1.54, 1.807) is 0 Å². The van der Waals surface area contributed by atoms with Gasteiger partial charge < -0.3 is 24.8 Å². The van der Waals surface area contributed by atoms with Crippen LogP contribution in [0.1, 0.15) is 52.7 Å². The smallest absolute Gasteiger partial charge is 1.00 e. The molecule has 0 N–H and O–H groups in total. The van der Waals surface area contributed by atoms with Gasteiger partial charge in [-0.2, -0.15) is 35.4 Å². The predicted molar refractivity (Wildman–Crippen MR) is 81.5 cm³/mol. The van der Waals surface area contributed by atoms with Crippen molar-refractivity contribution in [1.82, 2.24) is 0 Å². The van der Waals surface area contributed by atoms with Crippen LogP contribution in [0.5, 0.6) is 0 Å². The summed E-state index contributed by atoms with van der Waals surface area (Å²) in [5, 5.41) is 0. The molecule has 0 unspecified atom stereocenters. The monoisotopic (exact) mass is 363 g/mol. The molecule has 2 aromatic rings. The maximum Gasteiger partial charge on any atom is 4.00 e. The first-order valence-corrected chi connectivity index (χ1v) is 6.65. The van der Waals surface area contributed by atoms with Crippen LogP contribution in [0.2, 0.25) is 0 Å². The molecule has 0 aliphatic heterocycles. The van der Waals surface area contributed by atoms with Crippen molar-refractivity contribution in [1.29, 1.82) is 0 Å². The molecule has 0 spiro atoms. The van der Waals surface area contributed by atoms with Gasteiger partial charge >= 0.3 is 18.6 Å². The van der Waals surface area contributed by atoms with Crippen LogP contribution in [0.15, 0.2) is 48.5 Å². The van der Waals surface area contributed by atoms with Gasteiger partial charge in [0.1, 0.15) is 0 Å². The van der Waals surface area contributed by atoms with Gasteiger partial charge in [0, 0.05) is 0 Å². The quantitative estimate of drug-likeness (QED) is 0.549. The maximum absolute atomic E-state index is 2.22. The molecule has 0 saturated heterocycles. The Kier molecular flexibility index (Phi) is 13.0. The van der Waals surface area contributed by atoms with Gasteiger partial charge in [0.25, 0.3) is 0 Å². The minimum Gasteiger partial charge on any atom is -1.00 e. The first kappa shape index (κ1) is 25.8. The third-order valence-corrected chi connectivity index (χ3v) is 3.06. The second-order valence-electron chi connectivity index (χ2n) is 6.85. The summed E-state index contributed by atoms with van der Waals surface area (Å²) in [4.78, 5) is 0. The summed E-state index contributed by atoms with van der Waals surface area (Å²) in [6, 6.07) is 17.0. The van der Waals surface area contributed by atoms with E-state index >= 15 is 0 Å². The Morgan fingerprint density at radius 2 is 0.714 bits per heavy atom. The van der Waals surface area contributed by atoms with Crippen LogP contribution in [0.3, 0.4) is 0 Å². The zero-order valence-corrected chi connectivity index (χ0v) is 16.7. The van der Waals surface area contributed by atoms with Crippen molar-refractivity contribution in [2.75, 3.05) is 0 Å². The van der Waals surface area contributed by atoms with Crippen LogP contribution in [-0.4, -0.2) is 0 Å². The van der Waals surface area contributed by atoms with Gasteiger partial charge in [-0.05, 0) is 0 Å². The largest absolute Gasteiger partial charge is 4.00 e. The summed E-state index contributed by atoms with van der Waals surface area (Å²) >= 11 is 0. The van der Waals surface area contributed by atoms with Gasteiger partial charge in [0.2, 0.25) is 0 Å². The van der Waals surface area contributed by atoms with E-state index in [0.717, 1.165) is 0 Å². The van der Waals surface area contributed by atoms with Gasteiger partial charge in [0.15, 0.2) is 0 Å². The van der Waals surface area contributed by atoms with E-state index in [2.05, 4.69) is 90.1 Å². The molecule has 117 valence electrons. The first-order valence-electron chi connectivity index (χ1n) is 6.65. The summed E-state index contributed by atoms with van der Waals surface area (Å²) in [7, 11) is 0. The fourth-order valence-corrected chi connectivity index (χ4v) is 1.75. The van der Waals surface area contributed by atoms with E-state index in [-0.39, 0.29) is 43.4 Å². The molecular formula is C18H26Cl2V.